The quantitative estimate of drug-likeness (QED) is 0.556. The summed E-state index contributed by atoms with van der Waals surface area (Å²) < 4.78 is 18.6. The van der Waals surface area contributed by atoms with Crippen LogP contribution in [0.4, 0.5) is 0 Å². The Morgan fingerprint density at radius 2 is 2.05 bits per heavy atom. The molecule has 1 aromatic carbocycles. The van der Waals surface area contributed by atoms with E-state index in [4.69, 9.17) is 14.2 Å². The van der Waals surface area contributed by atoms with Gasteiger partial charge in [0.2, 0.25) is 0 Å². The minimum Gasteiger partial charge on any atom is -0.469 e. The van der Waals surface area contributed by atoms with Crippen molar-refractivity contribution in [1.29, 1.82) is 0 Å². The first-order chi connectivity index (χ1) is 10.2. The summed E-state index contributed by atoms with van der Waals surface area (Å²) in [5, 5.41) is 0. The van der Waals surface area contributed by atoms with Gasteiger partial charge in [0.05, 0.1) is 25.7 Å². The average molecular weight is 402 g/mol. The molecule has 114 valence electrons. The molecule has 0 N–H and O–H groups in total. The van der Waals surface area contributed by atoms with E-state index in [0.717, 1.165) is 12.0 Å². The average Bonchev–Trinajstić information content (AvgIpc) is 2.53. The van der Waals surface area contributed by atoms with Crippen LogP contribution in [0.5, 0.6) is 0 Å². The molecule has 1 aliphatic heterocycles. The molecule has 1 heterocycles. The summed E-state index contributed by atoms with van der Waals surface area (Å²) in [6.45, 7) is 0. The molecule has 0 radical (unpaired) electrons. The molecule has 1 saturated heterocycles. The summed E-state index contributed by atoms with van der Waals surface area (Å²) in [5.74, 6) is -0.253. The first kappa shape index (κ1) is 16.5. The van der Waals surface area contributed by atoms with E-state index in [1.165, 1.54) is 7.11 Å². The number of ether oxygens (including phenoxy) is 3. The van der Waals surface area contributed by atoms with Crippen molar-refractivity contribution in [2.45, 2.75) is 37.8 Å². The van der Waals surface area contributed by atoms with Gasteiger partial charge in [-0.3, -0.25) is 4.79 Å². The third kappa shape index (κ3) is 5.09. The molecule has 0 aromatic heterocycles. The van der Waals surface area contributed by atoms with Gasteiger partial charge in [-0.2, -0.15) is 0 Å². The number of benzene rings is 1. The van der Waals surface area contributed by atoms with Crippen LogP contribution in [0.25, 0.3) is 0 Å². The monoisotopic (exact) mass is 402 g/mol. The fourth-order valence-electron chi connectivity index (χ4n) is 2.31. The topological polar surface area (TPSA) is 44.8 Å². The van der Waals surface area contributed by atoms with Crippen LogP contribution >= 0.6 is 22.6 Å². The lowest BCUT2D eigenvalue weighted by Gasteiger charge is -2.35. The predicted molar refractivity (Wildman–Crippen MR) is 88.0 cm³/mol. The normalized spacial score (nSPS) is 25.9. The largest absolute Gasteiger partial charge is 0.469 e. The SMILES string of the molecule is COC(=O)C[C@H]1C[C@@H](C/C=C/I)O[C@@H](c2ccccc2)O1. The van der Waals surface area contributed by atoms with Crippen molar-refractivity contribution in [3.63, 3.8) is 0 Å². The van der Waals surface area contributed by atoms with Crippen molar-refractivity contribution in [2.75, 3.05) is 7.11 Å². The van der Waals surface area contributed by atoms with Gasteiger partial charge in [0.15, 0.2) is 6.29 Å². The maximum atomic E-state index is 11.5. The minimum atomic E-state index is -0.429. The molecule has 0 bridgehead atoms. The Bertz CT molecular complexity index is 474. The third-order valence-corrected chi connectivity index (χ3v) is 3.85. The van der Waals surface area contributed by atoms with E-state index in [2.05, 4.69) is 28.7 Å². The van der Waals surface area contributed by atoms with Crippen molar-refractivity contribution < 1.29 is 19.0 Å². The molecule has 1 aliphatic rings. The Labute approximate surface area is 138 Å². The van der Waals surface area contributed by atoms with Crippen LogP contribution in [-0.2, 0) is 19.0 Å². The molecule has 0 spiro atoms. The zero-order valence-electron chi connectivity index (χ0n) is 11.9. The standard InChI is InChI=1S/C16H19IO4/c1-19-15(18)11-14-10-13(8-5-9-17)20-16(21-14)12-6-3-2-4-7-12/h2-7,9,13-14,16H,8,10-11H2,1H3/b9-5+/t13-,14-,16-/m1/s1. The Kier molecular flexibility index (Phi) is 6.66. The maximum absolute atomic E-state index is 11.5. The summed E-state index contributed by atoms with van der Waals surface area (Å²) in [6.07, 6.45) is 3.27. The van der Waals surface area contributed by atoms with E-state index in [-0.39, 0.29) is 24.6 Å². The lowest BCUT2D eigenvalue weighted by Crippen LogP contribution is -2.35. The van der Waals surface area contributed by atoms with Crippen LogP contribution < -0.4 is 0 Å². The second-order valence-electron chi connectivity index (χ2n) is 4.87. The number of halogens is 1. The Hall–Kier alpha value is -0.920. The maximum Gasteiger partial charge on any atom is 0.308 e. The Morgan fingerprint density at radius 3 is 2.71 bits per heavy atom. The second kappa shape index (κ2) is 8.51. The highest BCUT2D eigenvalue weighted by atomic mass is 127. The first-order valence-corrected chi connectivity index (χ1v) is 8.15. The number of hydrogen-bond acceptors (Lipinski definition) is 4. The minimum absolute atomic E-state index is 0.0460. The van der Waals surface area contributed by atoms with Crippen molar-refractivity contribution in [1.82, 2.24) is 0 Å². The zero-order valence-corrected chi connectivity index (χ0v) is 14.1. The second-order valence-corrected chi connectivity index (χ2v) is 5.59. The smallest absolute Gasteiger partial charge is 0.308 e. The van der Waals surface area contributed by atoms with Crippen LogP contribution in [-0.4, -0.2) is 25.3 Å². The van der Waals surface area contributed by atoms with Gasteiger partial charge in [0, 0.05) is 12.0 Å². The molecule has 2 rings (SSSR count). The number of esters is 1. The van der Waals surface area contributed by atoms with Crippen LogP contribution in [0, 0.1) is 0 Å². The number of carbonyl (C=O) groups excluding carboxylic acids is 1. The fraction of sp³-hybridized carbons (Fsp3) is 0.438. The van der Waals surface area contributed by atoms with Gasteiger partial charge < -0.3 is 14.2 Å². The van der Waals surface area contributed by atoms with Gasteiger partial charge in [-0.05, 0) is 10.5 Å². The Morgan fingerprint density at radius 1 is 1.33 bits per heavy atom. The summed E-state index contributed by atoms with van der Waals surface area (Å²) in [7, 11) is 1.40. The van der Waals surface area contributed by atoms with E-state index in [1.807, 2.05) is 34.4 Å². The van der Waals surface area contributed by atoms with Gasteiger partial charge in [-0.15, -0.1) is 0 Å². The lowest BCUT2D eigenvalue weighted by atomic mass is 10.0. The number of carbonyl (C=O) groups is 1. The first-order valence-electron chi connectivity index (χ1n) is 6.91. The summed E-state index contributed by atoms with van der Waals surface area (Å²) in [4.78, 5) is 11.5. The summed E-state index contributed by atoms with van der Waals surface area (Å²) in [6, 6.07) is 9.79. The van der Waals surface area contributed by atoms with Gasteiger partial charge >= 0.3 is 5.97 Å². The van der Waals surface area contributed by atoms with E-state index in [0.29, 0.717) is 6.42 Å². The van der Waals surface area contributed by atoms with Gasteiger partial charge in [-0.1, -0.05) is 59.0 Å². The van der Waals surface area contributed by atoms with Crippen molar-refractivity contribution >= 4 is 28.6 Å². The molecule has 1 fully saturated rings. The third-order valence-electron chi connectivity index (χ3n) is 3.34. The number of methoxy groups -OCH3 is 1. The van der Waals surface area contributed by atoms with E-state index in [9.17, 15) is 4.79 Å². The van der Waals surface area contributed by atoms with Crippen LogP contribution in [0.15, 0.2) is 40.5 Å². The molecule has 5 heteroatoms. The molecule has 0 aliphatic carbocycles. The van der Waals surface area contributed by atoms with Gasteiger partial charge in [0.25, 0.3) is 0 Å². The van der Waals surface area contributed by atoms with Crippen molar-refractivity contribution in [2.24, 2.45) is 0 Å². The predicted octanol–water partition coefficient (Wildman–Crippen LogP) is 3.76. The molecule has 1 aromatic rings. The van der Waals surface area contributed by atoms with E-state index in [1.54, 1.807) is 0 Å². The van der Waals surface area contributed by atoms with Crippen LogP contribution in [0.3, 0.4) is 0 Å². The molecule has 21 heavy (non-hydrogen) atoms. The highest BCUT2D eigenvalue weighted by Crippen LogP contribution is 2.32. The van der Waals surface area contributed by atoms with Gasteiger partial charge in [-0.25, -0.2) is 0 Å². The lowest BCUT2D eigenvalue weighted by molar-refractivity contribution is -0.248. The van der Waals surface area contributed by atoms with Crippen LogP contribution in [0.1, 0.15) is 31.1 Å². The summed E-state index contributed by atoms with van der Waals surface area (Å²) >= 11 is 2.19. The van der Waals surface area contributed by atoms with Gasteiger partial charge in [0.1, 0.15) is 0 Å². The number of rotatable bonds is 5. The molecular weight excluding hydrogens is 383 g/mol. The molecule has 0 amide bonds. The molecule has 4 nitrogen and oxygen atoms in total. The Balaban J connectivity index is 2.07. The highest BCUT2D eigenvalue weighted by molar-refractivity contribution is 14.1. The molecule has 0 saturated carbocycles. The van der Waals surface area contributed by atoms with Crippen LogP contribution in [0.2, 0.25) is 0 Å². The summed E-state index contributed by atoms with van der Waals surface area (Å²) in [5.41, 5.74) is 0.968. The highest BCUT2D eigenvalue weighted by Gasteiger charge is 2.31. The van der Waals surface area contributed by atoms with Crippen molar-refractivity contribution in [3.8, 4) is 0 Å². The molecule has 3 atom stereocenters. The fourth-order valence-corrected chi connectivity index (χ4v) is 2.60. The zero-order chi connectivity index (χ0) is 15.1. The molecular formula is C16H19IO4. The van der Waals surface area contributed by atoms with E-state index >= 15 is 0 Å². The van der Waals surface area contributed by atoms with Crippen molar-refractivity contribution in [3.05, 3.63) is 46.1 Å². The number of hydrogen-bond donors (Lipinski definition) is 0. The van der Waals surface area contributed by atoms with E-state index < -0.39 is 6.29 Å². The molecule has 0 unspecified atom stereocenters.